The van der Waals surface area contributed by atoms with Crippen LogP contribution in [-0.4, -0.2) is 64.6 Å². The number of carbonyl (C=O) groups excluding carboxylic acids is 1. The highest BCUT2D eigenvalue weighted by Crippen LogP contribution is 2.35. The Bertz CT molecular complexity index is 1240. The van der Waals surface area contributed by atoms with Gasteiger partial charge in [-0.25, -0.2) is 18.4 Å². The molecule has 1 amide bonds. The fourth-order valence-corrected chi connectivity index (χ4v) is 6.33. The van der Waals surface area contributed by atoms with E-state index in [1.54, 1.807) is 37.5 Å². The van der Waals surface area contributed by atoms with Gasteiger partial charge in [0.05, 0.1) is 27.6 Å². The van der Waals surface area contributed by atoms with E-state index in [9.17, 15) is 13.2 Å². The summed E-state index contributed by atoms with van der Waals surface area (Å²) in [6.45, 7) is 5.02. The van der Waals surface area contributed by atoms with Crippen LogP contribution in [0.4, 0.5) is 5.82 Å². The van der Waals surface area contributed by atoms with Crippen molar-refractivity contribution in [2.24, 2.45) is 0 Å². The van der Waals surface area contributed by atoms with Crippen LogP contribution in [0.2, 0.25) is 0 Å². The molecule has 3 atom stereocenters. The van der Waals surface area contributed by atoms with Crippen molar-refractivity contribution >= 4 is 32.6 Å². The first-order valence-electron chi connectivity index (χ1n) is 11.1. The average Bonchev–Trinajstić information content (AvgIpc) is 3.39. The number of nitrogens with one attached hydrogen (secondary N) is 1. The Morgan fingerprint density at radius 1 is 1.12 bits per heavy atom. The highest BCUT2D eigenvalue weighted by molar-refractivity contribution is 7.92. The normalized spacial score (nSPS) is 21.8. The first-order valence-corrected chi connectivity index (χ1v) is 12.6. The molecular formula is C23H27N5O3S. The van der Waals surface area contributed by atoms with Gasteiger partial charge in [-0.1, -0.05) is 6.92 Å². The molecule has 5 rings (SSSR count). The van der Waals surface area contributed by atoms with Crippen molar-refractivity contribution in [3.05, 3.63) is 48.4 Å². The average molecular weight is 454 g/mol. The van der Waals surface area contributed by atoms with Crippen LogP contribution in [0.15, 0.2) is 47.8 Å². The summed E-state index contributed by atoms with van der Waals surface area (Å²) in [5.41, 5.74) is 1.35. The standard InChI is InChI=1S/C23H27N5O3S/c1-3-15(2)32(30,31)19-8-4-16(5-9-19)23(29)28-17-6-7-18(28)13-27(12-17)22-20-10-11-24-21(20)25-14-26-22/h4-5,8-11,14-15,17-18H,3,6-7,12-13H2,1-2H3,(H,24,25,26). The van der Waals surface area contributed by atoms with Gasteiger partial charge in [-0.05, 0) is 56.5 Å². The number of anilines is 1. The summed E-state index contributed by atoms with van der Waals surface area (Å²) in [5.74, 6) is 0.874. The number of sulfone groups is 1. The molecule has 2 bridgehead atoms. The van der Waals surface area contributed by atoms with E-state index in [-0.39, 0.29) is 22.9 Å². The van der Waals surface area contributed by atoms with Crippen LogP contribution in [0.3, 0.4) is 0 Å². The molecule has 1 N–H and O–H groups in total. The van der Waals surface area contributed by atoms with Crippen molar-refractivity contribution in [1.82, 2.24) is 19.9 Å². The number of fused-ring (bicyclic) bond motifs is 3. The number of rotatable bonds is 5. The number of aromatic amines is 1. The number of H-pyrrole nitrogens is 1. The number of carbonyl (C=O) groups is 1. The second-order valence-corrected chi connectivity index (χ2v) is 11.1. The zero-order valence-electron chi connectivity index (χ0n) is 18.2. The van der Waals surface area contributed by atoms with Crippen LogP contribution in [-0.2, 0) is 9.84 Å². The van der Waals surface area contributed by atoms with Crippen molar-refractivity contribution in [2.75, 3.05) is 18.0 Å². The fourth-order valence-electron chi connectivity index (χ4n) is 4.91. The van der Waals surface area contributed by atoms with Gasteiger partial charge in [0.1, 0.15) is 17.8 Å². The van der Waals surface area contributed by atoms with Gasteiger partial charge in [0, 0.05) is 24.8 Å². The lowest BCUT2D eigenvalue weighted by Crippen LogP contribution is -2.56. The van der Waals surface area contributed by atoms with Gasteiger partial charge < -0.3 is 14.8 Å². The summed E-state index contributed by atoms with van der Waals surface area (Å²) in [6.07, 6.45) is 5.90. The molecule has 9 heteroatoms. The number of hydrogen-bond donors (Lipinski definition) is 1. The Kier molecular flexibility index (Phi) is 5.16. The summed E-state index contributed by atoms with van der Waals surface area (Å²) < 4.78 is 25.2. The first kappa shape index (κ1) is 20.9. The van der Waals surface area contributed by atoms with Crippen molar-refractivity contribution in [1.29, 1.82) is 0 Å². The second kappa shape index (κ2) is 7.88. The Morgan fingerprint density at radius 3 is 2.47 bits per heavy atom. The number of hydrogen-bond acceptors (Lipinski definition) is 6. The van der Waals surface area contributed by atoms with Crippen LogP contribution in [0.1, 0.15) is 43.5 Å². The first-order chi connectivity index (χ1) is 15.4. The monoisotopic (exact) mass is 453 g/mol. The van der Waals surface area contributed by atoms with E-state index in [4.69, 9.17) is 0 Å². The van der Waals surface area contributed by atoms with Crippen LogP contribution in [0.5, 0.6) is 0 Å². The molecule has 2 aromatic heterocycles. The van der Waals surface area contributed by atoms with Gasteiger partial charge in [0.15, 0.2) is 9.84 Å². The van der Waals surface area contributed by atoms with Crippen LogP contribution >= 0.6 is 0 Å². The number of nitrogens with zero attached hydrogens (tertiary/aromatic N) is 4. The summed E-state index contributed by atoms with van der Waals surface area (Å²) in [4.78, 5) is 29.8. The smallest absolute Gasteiger partial charge is 0.254 e. The molecule has 2 aliphatic rings. The van der Waals surface area contributed by atoms with E-state index in [0.29, 0.717) is 12.0 Å². The lowest BCUT2D eigenvalue weighted by Gasteiger charge is -2.41. The zero-order chi connectivity index (χ0) is 22.5. The lowest BCUT2D eigenvalue weighted by atomic mass is 10.1. The Labute approximate surface area is 187 Å². The molecular weight excluding hydrogens is 426 g/mol. The van der Waals surface area contributed by atoms with Gasteiger partial charge in [-0.15, -0.1) is 0 Å². The molecule has 2 fully saturated rings. The molecule has 32 heavy (non-hydrogen) atoms. The van der Waals surface area contributed by atoms with E-state index >= 15 is 0 Å². The third-order valence-electron chi connectivity index (χ3n) is 6.88. The topological polar surface area (TPSA) is 99.3 Å². The molecule has 1 aromatic carbocycles. The fraction of sp³-hybridized carbons (Fsp3) is 0.435. The molecule has 0 saturated carbocycles. The number of benzene rings is 1. The minimum atomic E-state index is -3.36. The predicted octanol–water partition coefficient (Wildman–Crippen LogP) is 3.02. The molecule has 4 heterocycles. The SMILES string of the molecule is CCC(C)S(=O)(=O)c1ccc(C(=O)N2C3CCC2CN(c2ncnc4[nH]ccc24)C3)cc1. The van der Waals surface area contributed by atoms with Crippen LogP contribution in [0.25, 0.3) is 11.0 Å². The minimum Gasteiger partial charge on any atom is -0.352 e. The van der Waals surface area contributed by atoms with Crippen LogP contribution in [0, 0.1) is 0 Å². The Balaban J connectivity index is 1.36. The number of aromatic nitrogens is 3. The summed E-state index contributed by atoms with van der Waals surface area (Å²) in [5, 5.41) is 0.547. The van der Waals surface area contributed by atoms with E-state index < -0.39 is 15.1 Å². The molecule has 0 spiro atoms. The quantitative estimate of drug-likeness (QED) is 0.638. The van der Waals surface area contributed by atoms with Crippen LogP contribution < -0.4 is 4.90 Å². The molecule has 168 valence electrons. The van der Waals surface area contributed by atoms with E-state index in [1.165, 1.54) is 0 Å². The summed E-state index contributed by atoms with van der Waals surface area (Å²) in [7, 11) is -3.36. The molecule has 8 nitrogen and oxygen atoms in total. The zero-order valence-corrected chi connectivity index (χ0v) is 19.0. The van der Waals surface area contributed by atoms with Crippen molar-refractivity contribution in [2.45, 2.75) is 55.3 Å². The predicted molar refractivity (Wildman–Crippen MR) is 122 cm³/mol. The lowest BCUT2D eigenvalue weighted by molar-refractivity contribution is 0.0641. The van der Waals surface area contributed by atoms with Gasteiger partial charge in [0.2, 0.25) is 0 Å². The van der Waals surface area contributed by atoms with E-state index in [0.717, 1.165) is 42.8 Å². The summed E-state index contributed by atoms with van der Waals surface area (Å²) >= 11 is 0. The summed E-state index contributed by atoms with van der Waals surface area (Å²) in [6, 6.07) is 8.63. The molecule has 3 aromatic rings. The van der Waals surface area contributed by atoms with Crippen molar-refractivity contribution in [3.63, 3.8) is 0 Å². The minimum absolute atomic E-state index is 0.0286. The number of piperazine rings is 1. The van der Waals surface area contributed by atoms with Crippen molar-refractivity contribution < 1.29 is 13.2 Å². The Morgan fingerprint density at radius 2 is 1.81 bits per heavy atom. The molecule has 2 aliphatic heterocycles. The maximum Gasteiger partial charge on any atom is 0.254 e. The molecule has 3 unspecified atom stereocenters. The maximum absolute atomic E-state index is 13.4. The maximum atomic E-state index is 13.4. The Hall–Kier alpha value is -2.94. The third-order valence-corrected chi connectivity index (χ3v) is 9.21. The molecule has 2 saturated heterocycles. The van der Waals surface area contributed by atoms with Gasteiger partial charge in [0.25, 0.3) is 5.91 Å². The second-order valence-electron chi connectivity index (χ2n) is 8.73. The van der Waals surface area contributed by atoms with E-state index in [1.807, 2.05) is 24.1 Å². The van der Waals surface area contributed by atoms with Crippen molar-refractivity contribution in [3.8, 4) is 0 Å². The third kappa shape index (κ3) is 3.35. The highest BCUT2D eigenvalue weighted by Gasteiger charge is 2.43. The molecule has 0 radical (unpaired) electrons. The largest absolute Gasteiger partial charge is 0.352 e. The van der Waals surface area contributed by atoms with E-state index in [2.05, 4.69) is 19.9 Å². The van der Waals surface area contributed by atoms with Gasteiger partial charge >= 0.3 is 0 Å². The molecule has 0 aliphatic carbocycles. The van der Waals surface area contributed by atoms with Gasteiger partial charge in [-0.2, -0.15) is 0 Å². The van der Waals surface area contributed by atoms with Gasteiger partial charge in [-0.3, -0.25) is 4.79 Å². The highest BCUT2D eigenvalue weighted by atomic mass is 32.2. The number of amides is 1.